The first-order valence-electron chi connectivity index (χ1n) is 11.7. The van der Waals surface area contributed by atoms with Gasteiger partial charge in [0.15, 0.2) is 0 Å². The number of imide groups is 2. The van der Waals surface area contributed by atoms with Crippen LogP contribution in [0.2, 0.25) is 0 Å². The van der Waals surface area contributed by atoms with Crippen molar-refractivity contribution in [3.05, 3.63) is 89.3 Å². The predicted molar refractivity (Wildman–Crippen MR) is 135 cm³/mol. The van der Waals surface area contributed by atoms with E-state index in [-0.39, 0.29) is 5.57 Å². The lowest BCUT2D eigenvalue weighted by atomic mass is 9.98. The average Bonchev–Trinajstić information content (AvgIpc) is 3.29. The number of aromatic nitrogens is 1. The molecule has 4 amide bonds. The van der Waals surface area contributed by atoms with Gasteiger partial charge in [-0.15, -0.1) is 0 Å². The summed E-state index contributed by atoms with van der Waals surface area (Å²) >= 11 is 0. The molecule has 4 rings (SSSR count). The largest absolute Gasteiger partial charge is 0.492 e. The normalized spacial score (nSPS) is 15.9. The van der Waals surface area contributed by atoms with Crippen molar-refractivity contribution in [2.75, 3.05) is 11.5 Å². The summed E-state index contributed by atoms with van der Waals surface area (Å²) in [6, 6.07) is 18.0. The lowest BCUT2D eigenvalue weighted by Crippen LogP contribution is -2.54. The molecule has 1 fully saturated rings. The molecular formula is C28H29N3O4. The monoisotopic (exact) mass is 471 g/mol. The molecule has 1 aliphatic heterocycles. The molecule has 1 aliphatic rings. The number of urea groups is 1. The van der Waals surface area contributed by atoms with Crippen molar-refractivity contribution in [2.24, 2.45) is 0 Å². The van der Waals surface area contributed by atoms with Crippen LogP contribution in [0.25, 0.3) is 6.08 Å². The number of carbonyl (C=O) groups is 3. The standard InChI is InChI=1S/C28H29N3O4/c1-4-20(3)21-9-11-22(12-10-21)31-27(33)25(26(32)29-28(31)34)18-23-6-5-15-30(23)16-17-35-24-13-7-19(2)8-14-24/h5-15,18,20H,4,16-17H2,1-3H3,(H,29,32,34)/b25-18+/t20-/m0/s1. The Hall–Kier alpha value is -4.13. The molecule has 2 aromatic carbocycles. The number of carbonyl (C=O) groups excluding carboxylic acids is 3. The second-order valence-electron chi connectivity index (χ2n) is 8.65. The minimum absolute atomic E-state index is 0.102. The number of rotatable bonds is 8. The fraction of sp³-hybridized carbons (Fsp3) is 0.250. The molecular weight excluding hydrogens is 442 g/mol. The second kappa shape index (κ2) is 10.4. The number of benzene rings is 2. The minimum atomic E-state index is -0.754. The summed E-state index contributed by atoms with van der Waals surface area (Å²) in [6.45, 7) is 7.18. The van der Waals surface area contributed by atoms with E-state index in [0.717, 1.165) is 28.2 Å². The Morgan fingerprint density at radius 2 is 1.71 bits per heavy atom. The SMILES string of the molecule is CC[C@H](C)c1ccc(N2C(=O)NC(=O)/C(=C\c3cccn3CCOc3ccc(C)cc3)C2=O)cc1. The van der Waals surface area contributed by atoms with Gasteiger partial charge in [-0.1, -0.05) is 43.7 Å². The van der Waals surface area contributed by atoms with Crippen molar-refractivity contribution in [2.45, 2.75) is 39.7 Å². The Kier molecular flexibility index (Phi) is 7.15. The van der Waals surface area contributed by atoms with E-state index in [1.54, 1.807) is 18.2 Å². The van der Waals surface area contributed by atoms with Crippen LogP contribution >= 0.6 is 0 Å². The van der Waals surface area contributed by atoms with Crippen LogP contribution in [0.4, 0.5) is 10.5 Å². The molecule has 1 saturated heterocycles. The summed E-state index contributed by atoms with van der Waals surface area (Å²) in [5, 5.41) is 2.28. The van der Waals surface area contributed by atoms with E-state index in [4.69, 9.17) is 4.74 Å². The maximum atomic E-state index is 13.2. The van der Waals surface area contributed by atoms with Crippen molar-refractivity contribution in [3.8, 4) is 5.75 Å². The van der Waals surface area contributed by atoms with E-state index in [2.05, 4.69) is 19.2 Å². The van der Waals surface area contributed by atoms with Gasteiger partial charge in [-0.3, -0.25) is 14.9 Å². The van der Waals surface area contributed by atoms with Gasteiger partial charge in [0.25, 0.3) is 11.8 Å². The molecule has 0 aliphatic carbocycles. The average molecular weight is 472 g/mol. The molecule has 7 heteroatoms. The quantitative estimate of drug-likeness (QED) is 0.368. The summed E-state index contributed by atoms with van der Waals surface area (Å²) in [6.07, 6.45) is 4.35. The maximum absolute atomic E-state index is 13.2. The molecule has 1 N–H and O–H groups in total. The summed E-state index contributed by atoms with van der Waals surface area (Å²) in [4.78, 5) is 39.3. The van der Waals surface area contributed by atoms with E-state index < -0.39 is 17.8 Å². The molecule has 0 saturated carbocycles. The molecule has 180 valence electrons. The first-order chi connectivity index (χ1) is 16.9. The van der Waals surface area contributed by atoms with Gasteiger partial charge in [0.2, 0.25) is 0 Å². The van der Waals surface area contributed by atoms with Crippen LogP contribution < -0.4 is 15.0 Å². The van der Waals surface area contributed by atoms with Crippen LogP contribution in [0.15, 0.2) is 72.4 Å². The molecule has 0 spiro atoms. The number of hydrogen-bond donors (Lipinski definition) is 1. The van der Waals surface area contributed by atoms with Crippen LogP contribution in [0.3, 0.4) is 0 Å². The van der Waals surface area contributed by atoms with Gasteiger partial charge in [0.05, 0.1) is 12.2 Å². The third-order valence-corrected chi connectivity index (χ3v) is 6.21. The van der Waals surface area contributed by atoms with Gasteiger partial charge < -0.3 is 9.30 Å². The molecule has 0 radical (unpaired) electrons. The number of aryl methyl sites for hydroxylation is 1. The van der Waals surface area contributed by atoms with Gasteiger partial charge in [-0.25, -0.2) is 9.69 Å². The van der Waals surface area contributed by atoms with Crippen LogP contribution in [0.5, 0.6) is 5.75 Å². The van der Waals surface area contributed by atoms with Gasteiger partial charge in [0.1, 0.15) is 17.9 Å². The Morgan fingerprint density at radius 1 is 1.00 bits per heavy atom. The van der Waals surface area contributed by atoms with Crippen molar-refractivity contribution in [1.82, 2.24) is 9.88 Å². The van der Waals surface area contributed by atoms with E-state index in [1.165, 1.54) is 6.08 Å². The van der Waals surface area contributed by atoms with Crippen molar-refractivity contribution >= 4 is 29.6 Å². The highest BCUT2D eigenvalue weighted by atomic mass is 16.5. The topological polar surface area (TPSA) is 80.6 Å². The number of anilines is 1. The minimum Gasteiger partial charge on any atom is -0.492 e. The van der Waals surface area contributed by atoms with Crippen LogP contribution in [-0.4, -0.2) is 29.0 Å². The number of nitrogens with one attached hydrogen (secondary N) is 1. The van der Waals surface area contributed by atoms with Crippen LogP contribution in [-0.2, 0) is 16.1 Å². The molecule has 0 bridgehead atoms. The Balaban J connectivity index is 1.51. The maximum Gasteiger partial charge on any atom is 0.335 e. The van der Waals surface area contributed by atoms with Crippen LogP contribution in [0, 0.1) is 6.92 Å². The molecule has 35 heavy (non-hydrogen) atoms. The number of amides is 4. The zero-order valence-electron chi connectivity index (χ0n) is 20.2. The number of ether oxygens (including phenoxy) is 1. The zero-order chi connectivity index (χ0) is 24.9. The van der Waals surface area contributed by atoms with Crippen molar-refractivity contribution in [3.63, 3.8) is 0 Å². The first-order valence-corrected chi connectivity index (χ1v) is 11.7. The zero-order valence-corrected chi connectivity index (χ0v) is 20.2. The van der Waals surface area contributed by atoms with E-state index in [0.29, 0.717) is 30.5 Å². The highest BCUT2D eigenvalue weighted by molar-refractivity contribution is 6.39. The summed E-state index contributed by atoms with van der Waals surface area (Å²) in [7, 11) is 0. The van der Waals surface area contributed by atoms with E-state index in [1.807, 2.05) is 60.2 Å². The number of barbiturate groups is 1. The Morgan fingerprint density at radius 3 is 2.40 bits per heavy atom. The molecule has 3 aromatic rings. The van der Waals surface area contributed by atoms with Crippen molar-refractivity contribution < 1.29 is 19.1 Å². The van der Waals surface area contributed by atoms with Gasteiger partial charge in [-0.2, -0.15) is 0 Å². The fourth-order valence-corrected chi connectivity index (χ4v) is 3.89. The molecule has 2 heterocycles. The van der Waals surface area contributed by atoms with E-state index >= 15 is 0 Å². The Labute approximate surface area is 205 Å². The predicted octanol–water partition coefficient (Wildman–Crippen LogP) is 5.06. The number of hydrogen-bond acceptors (Lipinski definition) is 4. The highest BCUT2D eigenvalue weighted by Crippen LogP contribution is 2.25. The molecule has 0 unspecified atom stereocenters. The summed E-state index contributed by atoms with van der Waals surface area (Å²) in [5.41, 5.74) is 3.26. The first kappa shape index (κ1) is 24.0. The molecule has 1 atom stereocenters. The van der Waals surface area contributed by atoms with Crippen molar-refractivity contribution in [1.29, 1.82) is 0 Å². The molecule has 1 aromatic heterocycles. The van der Waals surface area contributed by atoms with Gasteiger partial charge >= 0.3 is 6.03 Å². The fourth-order valence-electron chi connectivity index (χ4n) is 3.89. The third-order valence-electron chi connectivity index (χ3n) is 6.21. The highest BCUT2D eigenvalue weighted by Gasteiger charge is 2.37. The van der Waals surface area contributed by atoms with Gasteiger partial charge in [0, 0.05) is 11.9 Å². The second-order valence-corrected chi connectivity index (χ2v) is 8.65. The van der Waals surface area contributed by atoms with E-state index in [9.17, 15) is 14.4 Å². The summed E-state index contributed by atoms with van der Waals surface area (Å²) in [5.74, 6) is -0.220. The smallest absolute Gasteiger partial charge is 0.335 e. The summed E-state index contributed by atoms with van der Waals surface area (Å²) < 4.78 is 7.70. The van der Waals surface area contributed by atoms with Gasteiger partial charge in [-0.05, 0) is 67.3 Å². The third kappa shape index (κ3) is 5.35. The van der Waals surface area contributed by atoms with Crippen LogP contribution in [0.1, 0.15) is 43.0 Å². The Bertz CT molecular complexity index is 1260. The lowest BCUT2D eigenvalue weighted by Gasteiger charge is -2.26. The molecule has 7 nitrogen and oxygen atoms in total. The lowest BCUT2D eigenvalue weighted by molar-refractivity contribution is -0.122. The number of nitrogens with zero attached hydrogens (tertiary/aromatic N) is 2.